The van der Waals surface area contributed by atoms with Gasteiger partial charge in [-0.2, -0.15) is 0 Å². The average Bonchev–Trinajstić information content (AvgIpc) is 3.31. The molecule has 1 saturated carbocycles. The first kappa shape index (κ1) is 14.1. The fourth-order valence-electron chi connectivity index (χ4n) is 2.95. The number of piperidine rings is 1. The summed E-state index contributed by atoms with van der Waals surface area (Å²) in [4.78, 5) is 2.54. The number of hydrogen-bond acceptors (Lipinski definition) is 3. The molecule has 1 aliphatic heterocycles. The second kappa shape index (κ2) is 6.70. The predicted octanol–water partition coefficient (Wildman–Crippen LogP) is 2.55. The number of benzene rings is 1. The van der Waals surface area contributed by atoms with E-state index in [1.54, 1.807) is 0 Å². The fraction of sp³-hybridized carbons (Fsp3) is 0.647. The molecule has 20 heavy (non-hydrogen) atoms. The standard InChI is InChI=1S/C17H26N2O/c1-20-17-7-9-19(10-8-17)13-15-4-2-3-14(11-15)12-18-16-5-6-16/h2-4,11,16-18H,5-10,12-13H2,1H3. The molecule has 3 heteroatoms. The molecule has 1 heterocycles. The van der Waals surface area contributed by atoms with Crippen molar-refractivity contribution in [3.8, 4) is 0 Å². The Kier molecular flexibility index (Phi) is 4.71. The SMILES string of the molecule is COC1CCN(Cc2cccc(CNC3CC3)c2)CC1. The first-order valence-corrected chi connectivity index (χ1v) is 7.90. The summed E-state index contributed by atoms with van der Waals surface area (Å²) < 4.78 is 5.43. The molecule has 0 atom stereocenters. The van der Waals surface area contributed by atoms with Gasteiger partial charge in [-0.15, -0.1) is 0 Å². The minimum Gasteiger partial charge on any atom is -0.381 e. The number of hydrogen-bond donors (Lipinski definition) is 1. The normalized spacial score (nSPS) is 21.2. The van der Waals surface area contributed by atoms with Crippen LogP contribution < -0.4 is 5.32 Å². The van der Waals surface area contributed by atoms with Crippen molar-refractivity contribution < 1.29 is 4.74 Å². The summed E-state index contributed by atoms with van der Waals surface area (Å²) in [5.74, 6) is 0. The highest BCUT2D eigenvalue weighted by Gasteiger charge is 2.20. The molecule has 1 aromatic carbocycles. The summed E-state index contributed by atoms with van der Waals surface area (Å²) in [7, 11) is 1.83. The van der Waals surface area contributed by atoms with Gasteiger partial charge in [0, 0.05) is 39.3 Å². The van der Waals surface area contributed by atoms with Gasteiger partial charge in [0.05, 0.1) is 6.10 Å². The van der Waals surface area contributed by atoms with Crippen molar-refractivity contribution in [1.82, 2.24) is 10.2 Å². The Morgan fingerprint density at radius 3 is 2.60 bits per heavy atom. The lowest BCUT2D eigenvalue weighted by Crippen LogP contribution is -2.36. The average molecular weight is 274 g/mol. The second-order valence-corrected chi connectivity index (χ2v) is 6.19. The van der Waals surface area contributed by atoms with E-state index in [-0.39, 0.29) is 0 Å². The molecule has 2 fully saturated rings. The van der Waals surface area contributed by atoms with Crippen molar-refractivity contribution in [2.24, 2.45) is 0 Å². The van der Waals surface area contributed by atoms with Crippen LogP contribution in [0.4, 0.5) is 0 Å². The molecule has 2 aliphatic rings. The van der Waals surface area contributed by atoms with Gasteiger partial charge < -0.3 is 10.1 Å². The molecule has 1 aromatic rings. The predicted molar refractivity (Wildman–Crippen MR) is 81.6 cm³/mol. The maximum atomic E-state index is 5.43. The molecule has 1 N–H and O–H groups in total. The third-order valence-corrected chi connectivity index (χ3v) is 4.44. The van der Waals surface area contributed by atoms with E-state index in [1.807, 2.05) is 7.11 Å². The highest BCUT2D eigenvalue weighted by Crippen LogP contribution is 2.20. The lowest BCUT2D eigenvalue weighted by Gasteiger charge is -2.31. The zero-order chi connectivity index (χ0) is 13.8. The first-order chi connectivity index (χ1) is 9.83. The molecular weight excluding hydrogens is 248 g/mol. The fourth-order valence-corrected chi connectivity index (χ4v) is 2.95. The van der Waals surface area contributed by atoms with Crippen molar-refractivity contribution in [1.29, 1.82) is 0 Å². The molecule has 1 aliphatic carbocycles. The van der Waals surface area contributed by atoms with Crippen LogP contribution in [0.25, 0.3) is 0 Å². The number of nitrogens with one attached hydrogen (secondary N) is 1. The Morgan fingerprint density at radius 1 is 1.15 bits per heavy atom. The van der Waals surface area contributed by atoms with Crippen molar-refractivity contribution >= 4 is 0 Å². The van der Waals surface area contributed by atoms with E-state index in [2.05, 4.69) is 34.5 Å². The van der Waals surface area contributed by atoms with E-state index in [0.717, 1.165) is 32.2 Å². The molecule has 110 valence electrons. The van der Waals surface area contributed by atoms with Crippen LogP contribution in [0.3, 0.4) is 0 Å². The maximum absolute atomic E-state index is 5.43. The van der Waals surface area contributed by atoms with Gasteiger partial charge in [-0.05, 0) is 36.8 Å². The van der Waals surface area contributed by atoms with Crippen LogP contribution in [0.2, 0.25) is 0 Å². The van der Waals surface area contributed by atoms with Crippen LogP contribution in [0.1, 0.15) is 36.8 Å². The maximum Gasteiger partial charge on any atom is 0.0595 e. The van der Waals surface area contributed by atoms with Crippen LogP contribution in [-0.2, 0) is 17.8 Å². The summed E-state index contributed by atoms with van der Waals surface area (Å²) in [6.07, 6.45) is 5.52. The molecule has 0 radical (unpaired) electrons. The molecule has 0 amide bonds. The topological polar surface area (TPSA) is 24.5 Å². The first-order valence-electron chi connectivity index (χ1n) is 7.90. The molecule has 1 saturated heterocycles. The van der Waals surface area contributed by atoms with Gasteiger partial charge in [-0.1, -0.05) is 24.3 Å². The van der Waals surface area contributed by atoms with Gasteiger partial charge in [-0.3, -0.25) is 4.90 Å². The number of ether oxygens (including phenoxy) is 1. The molecule has 0 aromatic heterocycles. The van der Waals surface area contributed by atoms with Gasteiger partial charge in [0.2, 0.25) is 0 Å². The minimum absolute atomic E-state index is 0.473. The summed E-state index contributed by atoms with van der Waals surface area (Å²) in [5.41, 5.74) is 2.86. The second-order valence-electron chi connectivity index (χ2n) is 6.19. The molecule has 3 rings (SSSR count). The molecular formula is C17H26N2O. The van der Waals surface area contributed by atoms with E-state index in [1.165, 1.54) is 36.8 Å². The minimum atomic E-state index is 0.473. The Balaban J connectivity index is 1.50. The molecule has 0 unspecified atom stereocenters. The quantitative estimate of drug-likeness (QED) is 0.863. The van der Waals surface area contributed by atoms with Gasteiger partial charge >= 0.3 is 0 Å². The van der Waals surface area contributed by atoms with Crippen LogP contribution in [-0.4, -0.2) is 37.2 Å². The molecule has 0 spiro atoms. The van der Waals surface area contributed by atoms with E-state index < -0.39 is 0 Å². The zero-order valence-electron chi connectivity index (χ0n) is 12.5. The smallest absolute Gasteiger partial charge is 0.0595 e. The van der Waals surface area contributed by atoms with E-state index >= 15 is 0 Å². The van der Waals surface area contributed by atoms with Gasteiger partial charge in [0.1, 0.15) is 0 Å². The number of likely N-dealkylation sites (tertiary alicyclic amines) is 1. The lowest BCUT2D eigenvalue weighted by molar-refractivity contribution is 0.0388. The van der Waals surface area contributed by atoms with Gasteiger partial charge in [0.15, 0.2) is 0 Å². The van der Waals surface area contributed by atoms with Crippen molar-refractivity contribution in [3.05, 3.63) is 35.4 Å². The number of methoxy groups -OCH3 is 1. The number of nitrogens with zero attached hydrogens (tertiary/aromatic N) is 1. The Bertz CT molecular complexity index is 423. The van der Waals surface area contributed by atoms with Crippen LogP contribution in [0.15, 0.2) is 24.3 Å². The summed E-state index contributed by atoms with van der Waals surface area (Å²) >= 11 is 0. The van der Waals surface area contributed by atoms with Crippen molar-refractivity contribution in [2.45, 2.75) is 50.9 Å². The Hall–Kier alpha value is -0.900. The van der Waals surface area contributed by atoms with Crippen LogP contribution in [0, 0.1) is 0 Å². The summed E-state index contributed by atoms with van der Waals surface area (Å²) in [5, 5.41) is 3.59. The van der Waals surface area contributed by atoms with E-state index in [0.29, 0.717) is 6.10 Å². The lowest BCUT2D eigenvalue weighted by atomic mass is 10.1. The van der Waals surface area contributed by atoms with Crippen molar-refractivity contribution in [3.63, 3.8) is 0 Å². The van der Waals surface area contributed by atoms with Gasteiger partial charge in [0.25, 0.3) is 0 Å². The van der Waals surface area contributed by atoms with Crippen LogP contribution >= 0.6 is 0 Å². The molecule has 0 bridgehead atoms. The largest absolute Gasteiger partial charge is 0.381 e. The van der Waals surface area contributed by atoms with E-state index in [9.17, 15) is 0 Å². The zero-order valence-corrected chi connectivity index (χ0v) is 12.5. The monoisotopic (exact) mass is 274 g/mol. The Labute approximate surface area is 122 Å². The summed E-state index contributed by atoms with van der Waals surface area (Å²) in [6.45, 7) is 4.41. The van der Waals surface area contributed by atoms with Gasteiger partial charge in [-0.25, -0.2) is 0 Å². The van der Waals surface area contributed by atoms with Crippen LogP contribution in [0.5, 0.6) is 0 Å². The summed E-state index contributed by atoms with van der Waals surface area (Å²) in [6, 6.07) is 9.82. The highest BCUT2D eigenvalue weighted by atomic mass is 16.5. The van der Waals surface area contributed by atoms with Crippen molar-refractivity contribution in [2.75, 3.05) is 20.2 Å². The number of rotatable bonds is 6. The Morgan fingerprint density at radius 2 is 1.90 bits per heavy atom. The third-order valence-electron chi connectivity index (χ3n) is 4.44. The highest BCUT2D eigenvalue weighted by molar-refractivity contribution is 5.23. The van der Waals surface area contributed by atoms with E-state index in [4.69, 9.17) is 4.74 Å². The third kappa shape index (κ3) is 4.05. The molecule has 3 nitrogen and oxygen atoms in total.